The summed E-state index contributed by atoms with van der Waals surface area (Å²) in [4.78, 5) is 25.6. The summed E-state index contributed by atoms with van der Waals surface area (Å²) in [5.74, 6) is 0.542. The van der Waals surface area contributed by atoms with Crippen LogP contribution in [-0.4, -0.2) is 10.9 Å². The molecule has 1 amide bonds. The molecule has 2 rings (SSSR count). The maximum Gasteiger partial charge on any atom is 0.224 e. The molecule has 5 nitrogen and oxygen atoms in total. The fraction of sp³-hybridized carbons (Fsp3) is 0.167. The van der Waals surface area contributed by atoms with Crippen LogP contribution < -0.4 is 10.7 Å². The van der Waals surface area contributed by atoms with Crippen LogP contribution in [0.4, 0.5) is 5.69 Å². The molecule has 0 unspecified atom stereocenters. The summed E-state index contributed by atoms with van der Waals surface area (Å²) in [6.07, 6.45) is 5.34. The molecule has 0 aliphatic rings. The van der Waals surface area contributed by atoms with Gasteiger partial charge in [-0.2, -0.15) is 0 Å². The maximum absolute atomic E-state index is 11.6. The fourth-order valence-corrected chi connectivity index (χ4v) is 1.42. The molecule has 2 aromatic rings. The van der Waals surface area contributed by atoms with E-state index in [0.29, 0.717) is 6.42 Å². The van der Waals surface area contributed by atoms with E-state index < -0.39 is 0 Å². The first kappa shape index (κ1) is 11.2. The number of furan rings is 1. The molecule has 17 heavy (non-hydrogen) atoms. The van der Waals surface area contributed by atoms with E-state index in [1.807, 2.05) is 6.07 Å². The van der Waals surface area contributed by atoms with E-state index in [1.165, 1.54) is 18.5 Å². The summed E-state index contributed by atoms with van der Waals surface area (Å²) < 4.78 is 5.11. The van der Waals surface area contributed by atoms with Gasteiger partial charge in [-0.25, -0.2) is 0 Å². The van der Waals surface area contributed by atoms with E-state index in [9.17, 15) is 9.59 Å². The highest BCUT2D eigenvalue weighted by atomic mass is 16.3. The molecule has 0 spiro atoms. The van der Waals surface area contributed by atoms with E-state index >= 15 is 0 Å². The van der Waals surface area contributed by atoms with E-state index in [4.69, 9.17) is 4.42 Å². The minimum Gasteiger partial charge on any atom is -0.469 e. The highest BCUT2D eigenvalue weighted by Gasteiger charge is 2.06. The van der Waals surface area contributed by atoms with Gasteiger partial charge in [0.1, 0.15) is 11.4 Å². The van der Waals surface area contributed by atoms with Crippen molar-refractivity contribution in [2.75, 3.05) is 5.32 Å². The van der Waals surface area contributed by atoms with Crippen LogP contribution in [0.15, 0.2) is 46.1 Å². The largest absolute Gasteiger partial charge is 0.469 e. The van der Waals surface area contributed by atoms with Gasteiger partial charge in [0.2, 0.25) is 11.3 Å². The quantitative estimate of drug-likeness (QED) is 0.839. The lowest BCUT2D eigenvalue weighted by atomic mass is 10.2. The summed E-state index contributed by atoms with van der Waals surface area (Å²) in [7, 11) is 0. The first-order chi connectivity index (χ1) is 8.25. The number of H-pyrrole nitrogens is 1. The van der Waals surface area contributed by atoms with Crippen molar-refractivity contribution in [2.24, 2.45) is 0 Å². The number of hydrogen-bond acceptors (Lipinski definition) is 3. The zero-order chi connectivity index (χ0) is 12.1. The molecule has 88 valence electrons. The predicted octanol–water partition coefficient (Wildman–Crippen LogP) is 1.54. The highest BCUT2D eigenvalue weighted by Crippen LogP contribution is 2.05. The highest BCUT2D eigenvalue weighted by molar-refractivity contribution is 5.90. The number of hydrogen-bond donors (Lipinski definition) is 2. The molecule has 2 heterocycles. The number of amides is 1. The first-order valence-corrected chi connectivity index (χ1v) is 5.25. The summed E-state index contributed by atoms with van der Waals surface area (Å²) in [6, 6.07) is 4.94. The van der Waals surface area contributed by atoms with Crippen molar-refractivity contribution < 1.29 is 9.21 Å². The fourth-order valence-electron chi connectivity index (χ4n) is 1.42. The minimum absolute atomic E-state index is 0.210. The topological polar surface area (TPSA) is 75.1 Å². The molecule has 0 aliphatic carbocycles. The number of anilines is 1. The van der Waals surface area contributed by atoms with E-state index in [2.05, 4.69) is 10.3 Å². The van der Waals surface area contributed by atoms with E-state index in [1.54, 1.807) is 12.3 Å². The Balaban J connectivity index is 1.90. The number of aromatic amines is 1. The van der Waals surface area contributed by atoms with Crippen molar-refractivity contribution >= 4 is 11.6 Å². The molecule has 0 saturated heterocycles. The molecule has 0 radical (unpaired) electrons. The van der Waals surface area contributed by atoms with Crippen molar-refractivity contribution in [3.63, 3.8) is 0 Å². The summed E-state index contributed by atoms with van der Waals surface area (Å²) in [6.45, 7) is 0. The molecule has 0 saturated carbocycles. The molecule has 2 aromatic heterocycles. The lowest BCUT2D eigenvalue weighted by Crippen LogP contribution is -2.18. The van der Waals surface area contributed by atoms with Gasteiger partial charge in [-0.05, 0) is 12.1 Å². The van der Waals surface area contributed by atoms with Crippen molar-refractivity contribution in [3.8, 4) is 0 Å². The Hall–Kier alpha value is -2.30. The Labute approximate surface area is 97.5 Å². The molecule has 2 N–H and O–H groups in total. The number of aromatic nitrogens is 1. The third-order valence-electron chi connectivity index (χ3n) is 2.28. The van der Waals surface area contributed by atoms with Crippen molar-refractivity contribution in [1.29, 1.82) is 0 Å². The maximum atomic E-state index is 11.6. The van der Waals surface area contributed by atoms with Gasteiger partial charge in [0.15, 0.2) is 0 Å². The van der Waals surface area contributed by atoms with Gasteiger partial charge in [-0.3, -0.25) is 9.59 Å². The van der Waals surface area contributed by atoms with Crippen molar-refractivity contribution in [3.05, 3.63) is 52.8 Å². The van der Waals surface area contributed by atoms with Gasteiger partial charge in [0, 0.05) is 31.3 Å². The summed E-state index contributed by atoms with van der Waals surface area (Å²) in [5.41, 5.74) is 0.0482. The Morgan fingerprint density at radius 3 is 3.00 bits per heavy atom. The smallest absolute Gasteiger partial charge is 0.224 e. The van der Waals surface area contributed by atoms with Crippen LogP contribution in [0.2, 0.25) is 0 Å². The number of rotatable bonds is 4. The summed E-state index contributed by atoms with van der Waals surface area (Å²) in [5, 5.41) is 2.55. The van der Waals surface area contributed by atoms with E-state index in [-0.39, 0.29) is 23.4 Å². The van der Waals surface area contributed by atoms with Crippen molar-refractivity contribution in [1.82, 2.24) is 4.98 Å². The van der Waals surface area contributed by atoms with Crippen LogP contribution in [0.5, 0.6) is 0 Å². The van der Waals surface area contributed by atoms with Gasteiger partial charge < -0.3 is 14.7 Å². The molecule has 5 heteroatoms. The van der Waals surface area contributed by atoms with Crippen LogP contribution in [0, 0.1) is 0 Å². The van der Waals surface area contributed by atoms with Crippen LogP contribution in [0.3, 0.4) is 0 Å². The predicted molar refractivity (Wildman–Crippen MR) is 62.7 cm³/mol. The van der Waals surface area contributed by atoms with Gasteiger partial charge in [0.05, 0.1) is 6.26 Å². The van der Waals surface area contributed by atoms with Crippen LogP contribution >= 0.6 is 0 Å². The van der Waals surface area contributed by atoms with Gasteiger partial charge in [0.25, 0.3) is 0 Å². The van der Waals surface area contributed by atoms with Gasteiger partial charge in [-0.1, -0.05) is 0 Å². The molecule has 0 bridgehead atoms. The van der Waals surface area contributed by atoms with Crippen LogP contribution in [-0.2, 0) is 11.2 Å². The zero-order valence-electron chi connectivity index (χ0n) is 9.10. The molecule has 0 aromatic carbocycles. The average Bonchev–Trinajstić information content (AvgIpc) is 2.82. The third-order valence-corrected chi connectivity index (χ3v) is 2.28. The molecular formula is C12H12N2O3. The Bertz CT molecular complexity index is 543. The standard InChI is InChI=1S/C12H12N2O3/c15-11-5-6-13-8-10(11)14-12(16)4-3-9-2-1-7-17-9/h1-2,5-8H,3-4H2,(H,13,15)(H,14,16). The number of carbonyl (C=O) groups excluding carboxylic acids is 1. The number of carbonyl (C=O) groups is 1. The zero-order valence-corrected chi connectivity index (χ0v) is 9.10. The number of nitrogens with one attached hydrogen (secondary N) is 2. The Morgan fingerprint density at radius 1 is 1.41 bits per heavy atom. The second-order valence-corrected chi connectivity index (χ2v) is 3.55. The lowest BCUT2D eigenvalue weighted by molar-refractivity contribution is -0.116. The molecule has 0 fully saturated rings. The number of pyridine rings is 1. The molecular weight excluding hydrogens is 220 g/mol. The van der Waals surface area contributed by atoms with Crippen LogP contribution in [0.25, 0.3) is 0 Å². The Kier molecular flexibility index (Phi) is 3.40. The normalized spacial score (nSPS) is 10.1. The molecule has 0 atom stereocenters. The first-order valence-electron chi connectivity index (χ1n) is 5.25. The SMILES string of the molecule is O=C(CCc1ccco1)Nc1c[nH]ccc1=O. The molecule has 0 aliphatic heterocycles. The van der Waals surface area contributed by atoms with Crippen LogP contribution in [0.1, 0.15) is 12.2 Å². The van der Waals surface area contributed by atoms with E-state index in [0.717, 1.165) is 5.76 Å². The Morgan fingerprint density at radius 2 is 2.29 bits per heavy atom. The lowest BCUT2D eigenvalue weighted by Gasteiger charge is -2.02. The monoisotopic (exact) mass is 232 g/mol. The van der Waals surface area contributed by atoms with Gasteiger partial charge in [-0.15, -0.1) is 0 Å². The average molecular weight is 232 g/mol. The van der Waals surface area contributed by atoms with Crippen molar-refractivity contribution in [2.45, 2.75) is 12.8 Å². The van der Waals surface area contributed by atoms with Gasteiger partial charge >= 0.3 is 0 Å². The minimum atomic E-state index is -0.213. The second-order valence-electron chi connectivity index (χ2n) is 3.55. The third kappa shape index (κ3) is 3.07. The summed E-state index contributed by atoms with van der Waals surface area (Å²) >= 11 is 0. The second kappa shape index (κ2) is 5.16. The number of aryl methyl sites for hydroxylation is 1.